The fourth-order valence-electron chi connectivity index (χ4n) is 3.28. The molecule has 0 saturated carbocycles. The fraction of sp³-hybridized carbons (Fsp3) is 0.588. The van der Waals surface area contributed by atoms with Gasteiger partial charge in [-0.05, 0) is 37.0 Å². The van der Waals surface area contributed by atoms with Gasteiger partial charge in [0.2, 0.25) is 5.91 Å². The smallest absolute Gasteiger partial charge is 0.232 e. The third kappa shape index (κ3) is 2.82. The van der Waals surface area contributed by atoms with Crippen molar-refractivity contribution < 1.29 is 9.90 Å². The molecule has 1 aromatic carbocycles. The Bertz CT molecular complexity index is 472. The monoisotopic (exact) mass is 275 g/mol. The van der Waals surface area contributed by atoms with Crippen LogP contribution in [-0.4, -0.2) is 29.5 Å². The number of hydrogen-bond acceptors (Lipinski definition) is 2. The summed E-state index contributed by atoms with van der Waals surface area (Å²) in [6.07, 6.45) is 6.01. The summed E-state index contributed by atoms with van der Waals surface area (Å²) in [7, 11) is 1.90. The van der Waals surface area contributed by atoms with Crippen molar-refractivity contribution >= 4 is 5.91 Å². The lowest BCUT2D eigenvalue weighted by molar-refractivity contribution is -0.136. The lowest BCUT2D eigenvalue weighted by Gasteiger charge is -2.34. The Morgan fingerprint density at radius 3 is 2.85 bits per heavy atom. The second kappa shape index (κ2) is 6.29. The van der Waals surface area contributed by atoms with E-state index in [1.54, 1.807) is 12.1 Å². The van der Waals surface area contributed by atoms with Gasteiger partial charge < -0.3 is 10.0 Å². The highest BCUT2D eigenvalue weighted by Crippen LogP contribution is 2.39. The van der Waals surface area contributed by atoms with Gasteiger partial charge >= 0.3 is 0 Å². The van der Waals surface area contributed by atoms with Crippen molar-refractivity contribution in [2.24, 2.45) is 0 Å². The van der Waals surface area contributed by atoms with Crippen molar-refractivity contribution in [3.63, 3.8) is 0 Å². The van der Waals surface area contributed by atoms with Crippen molar-refractivity contribution in [1.82, 2.24) is 4.90 Å². The Morgan fingerprint density at radius 2 is 2.15 bits per heavy atom. The van der Waals surface area contributed by atoms with Crippen LogP contribution in [0, 0.1) is 0 Å². The van der Waals surface area contributed by atoms with Gasteiger partial charge in [0.25, 0.3) is 0 Å². The molecule has 1 heterocycles. The maximum Gasteiger partial charge on any atom is 0.232 e. The van der Waals surface area contributed by atoms with Crippen molar-refractivity contribution in [1.29, 1.82) is 0 Å². The maximum atomic E-state index is 12.9. The molecule has 1 aliphatic heterocycles. The van der Waals surface area contributed by atoms with Crippen LogP contribution >= 0.6 is 0 Å². The first-order valence-corrected chi connectivity index (χ1v) is 7.65. The molecule has 1 fully saturated rings. The van der Waals surface area contributed by atoms with Crippen LogP contribution in [0.5, 0.6) is 5.75 Å². The molecule has 0 unspecified atom stereocenters. The number of likely N-dealkylation sites (N-methyl/N-ethyl adjacent to an activating group) is 1. The number of phenols is 1. The second-order valence-corrected chi connectivity index (χ2v) is 5.92. The van der Waals surface area contributed by atoms with Crippen LogP contribution in [0.15, 0.2) is 24.3 Å². The summed E-state index contributed by atoms with van der Waals surface area (Å²) in [6, 6.07) is 7.28. The first-order chi connectivity index (χ1) is 9.60. The lowest BCUT2D eigenvalue weighted by atomic mass is 9.72. The molecule has 3 nitrogen and oxygen atoms in total. The maximum absolute atomic E-state index is 12.9. The zero-order chi connectivity index (χ0) is 14.6. The molecule has 3 heteroatoms. The van der Waals surface area contributed by atoms with Crippen LogP contribution in [0.2, 0.25) is 0 Å². The van der Waals surface area contributed by atoms with Gasteiger partial charge in [0, 0.05) is 13.6 Å². The summed E-state index contributed by atoms with van der Waals surface area (Å²) in [4.78, 5) is 14.8. The van der Waals surface area contributed by atoms with Gasteiger partial charge in [-0.2, -0.15) is 0 Å². The Labute approximate surface area is 121 Å². The van der Waals surface area contributed by atoms with Crippen LogP contribution in [0.4, 0.5) is 0 Å². The van der Waals surface area contributed by atoms with Gasteiger partial charge in [-0.15, -0.1) is 0 Å². The number of likely N-dealkylation sites (tertiary alicyclic amines) is 1. The highest BCUT2D eigenvalue weighted by molar-refractivity contribution is 5.88. The molecule has 1 aromatic rings. The van der Waals surface area contributed by atoms with E-state index in [2.05, 4.69) is 6.92 Å². The van der Waals surface area contributed by atoms with Crippen LogP contribution in [0.1, 0.15) is 51.0 Å². The van der Waals surface area contributed by atoms with E-state index in [0.29, 0.717) is 0 Å². The fourth-order valence-corrected chi connectivity index (χ4v) is 3.28. The topological polar surface area (TPSA) is 40.5 Å². The standard InChI is InChI=1S/C17H25NO2/c1-3-4-10-17(14-8-7-9-15(19)13-14)11-5-6-12-18(2)16(17)20/h7-9,13,19H,3-6,10-12H2,1-2H3/t17-/m1/s1. The molecule has 0 bridgehead atoms. The SMILES string of the molecule is CCCC[C@]1(c2cccc(O)c2)CCCCN(C)C1=O. The molecule has 1 saturated heterocycles. The van der Waals surface area contributed by atoms with Gasteiger partial charge in [0.1, 0.15) is 5.75 Å². The molecule has 1 atom stereocenters. The highest BCUT2D eigenvalue weighted by atomic mass is 16.3. The third-order valence-electron chi connectivity index (χ3n) is 4.46. The summed E-state index contributed by atoms with van der Waals surface area (Å²) in [5, 5.41) is 9.78. The normalized spacial score (nSPS) is 23.7. The number of carbonyl (C=O) groups excluding carboxylic acids is 1. The van der Waals surface area contributed by atoms with Gasteiger partial charge in [-0.1, -0.05) is 38.3 Å². The molecule has 0 spiro atoms. The molecule has 2 rings (SSSR count). The minimum Gasteiger partial charge on any atom is -0.508 e. The first kappa shape index (κ1) is 14.9. The van der Waals surface area contributed by atoms with E-state index < -0.39 is 5.41 Å². The molecule has 1 amide bonds. The number of nitrogens with zero attached hydrogens (tertiary/aromatic N) is 1. The summed E-state index contributed by atoms with van der Waals surface area (Å²) in [6.45, 7) is 2.99. The Morgan fingerprint density at radius 1 is 1.35 bits per heavy atom. The number of benzene rings is 1. The van der Waals surface area contributed by atoms with E-state index in [1.165, 1.54) is 0 Å². The number of unbranched alkanes of at least 4 members (excludes halogenated alkanes) is 1. The molecule has 1 aliphatic rings. The average Bonchev–Trinajstić information content (AvgIpc) is 2.59. The highest BCUT2D eigenvalue weighted by Gasteiger charge is 2.42. The van der Waals surface area contributed by atoms with E-state index in [-0.39, 0.29) is 11.7 Å². The summed E-state index contributed by atoms with van der Waals surface area (Å²) in [5.74, 6) is 0.465. The number of aromatic hydroxyl groups is 1. The van der Waals surface area contributed by atoms with Crippen LogP contribution in [0.3, 0.4) is 0 Å². The van der Waals surface area contributed by atoms with Crippen molar-refractivity contribution in [2.45, 2.75) is 50.9 Å². The van der Waals surface area contributed by atoms with Crippen molar-refractivity contribution in [3.05, 3.63) is 29.8 Å². The number of phenolic OH excluding ortho intramolecular Hbond substituents is 1. The quantitative estimate of drug-likeness (QED) is 0.914. The summed E-state index contributed by atoms with van der Waals surface area (Å²) >= 11 is 0. The molecular formula is C17H25NO2. The Hall–Kier alpha value is -1.51. The van der Waals surface area contributed by atoms with E-state index >= 15 is 0 Å². The van der Waals surface area contributed by atoms with Gasteiger partial charge in [-0.25, -0.2) is 0 Å². The number of hydrogen-bond donors (Lipinski definition) is 1. The lowest BCUT2D eigenvalue weighted by Crippen LogP contribution is -2.44. The second-order valence-electron chi connectivity index (χ2n) is 5.92. The summed E-state index contributed by atoms with van der Waals surface area (Å²) < 4.78 is 0. The van der Waals surface area contributed by atoms with Crippen molar-refractivity contribution in [2.75, 3.05) is 13.6 Å². The molecule has 1 N–H and O–H groups in total. The Kier molecular flexibility index (Phi) is 4.69. The molecule has 0 aliphatic carbocycles. The zero-order valence-corrected chi connectivity index (χ0v) is 12.6. The molecule has 0 radical (unpaired) electrons. The average molecular weight is 275 g/mol. The largest absolute Gasteiger partial charge is 0.508 e. The molecule has 0 aromatic heterocycles. The van der Waals surface area contributed by atoms with Gasteiger partial charge in [-0.3, -0.25) is 4.79 Å². The Balaban J connectivity index is 2.45. The molecular weight excluding hydrogens is 250 g/mol. The van der Waals surface area contributed by atoms with Gasteiger partial charge in [0.15, 0.2) is 0 Å². The zero-order valence-electron chi connectivity index (χ0n) is 12.6. The van der Waals surface area contributed by atoms with Crippen LogP contribution in [-0.2, 0) is 10.2 Å². The molecule has 20 heavy (non-hydrogen) atoms. The van der Waals surface area contributed by atoms with Crippen molar-refractivity contribution in [3.8, 4) is 5.75 Å². The summed E-state index contributed by atoms with van der Waals surface area (Å²) in [5.41, 5.74) is 0.532. The number of rotatable bonds is 4. The first-order valence-electron chi connectivity index (χ1n) is 7.65. The van der Waals surface area contributed by atoms with E-state index in [1.807, 2.05) is 24.1 Å². The van der Waals surface area contributed by atoms with E-state index in [0.717, 1.165) is 50.6 Å². The predicted octanol–water partition coefficient (Wildman–Crippen LogP) is 3.46. The number of amides is 1. The minimum absolute atomic E-state index is 0.217. The van der Waals surface area contributed by atoms with Crippen LogP contribution < -0.4 is 0 Å². The molecule has 110 valence electrons. The predicted molar refractivity (Wildman–Crippen MR) is 80.8 cm³/mol. The minimum atomic E-state index is -0.444. The van der Waals surface area contributed by atoms with E-state index in [4.69, 9.17) is 0 Å². The number of carbonyl (C=O) groups is 1. The third-order valence-corrected chi connectivity index (χ3v) is 4.46. The van der Waals surface area contributed by atoms with E-state index in [9.17, 15) is 9.90 Å². The van der Waals surface area contributed by atoms with Gasteiger partial charge in [0.05, 0.1) is 5.41 Å². The van der Waals surface area contributed by atoms with Crippen LogP contribution in [0.25, 0.3) is 0 Å².